The highest BCUT2D eigenvalue weighted by molar-refractivity contribution is 7.89. The van der Waals surface area contributed by atoms with Crippen LogP contribution in [0.15, 0.2) is 39.8 Å². The van der Waals surface area contributed by atoms with Gasteiger partial charge in [0.05, 0.1) is 0 Å². The number of aryl methyl sites for hydroxylation is 4. The molecule has 0 aliphatic carbocycles. The zero-order valence-electron chi connectivity index (χ0n) is 21.9. The van der Waals surface area contributed by atoms with Crippen LogP contribution in [0.25, 0.3) is 12.2 Å². The average molecular weight is 538 g/mol. The number of hydrogen-bond donors (Lipinski definition) is 1. The van der Waals surface area contributed by atoms with Crippen molar-refractivity contribution in [2.45, 2.75) is 45.4 Å². The minimum atomic E-state index is -3.86. The van der Waals surface area contributed by atoms with Crippen LogP contribution in [-0.4, -0.2) is 43.7 Å². The molecule has 0 atom stereocenters. The predicted molar refractivity (Wildman–Crippen MR) is 143 cm³/mol. The molecule has 3 aromatic rings. The van der Waals surface area contributed by atoms with Crippen molar-refractivity contribution >= 4 is 33.8 Å². The number of sulfonamides is 1. The van der Waals surface area contributed by atoms with Crippen LogP contribution in [0.5, 0.6) is 11.5 Å². The number of rotatable bonds is 6. The van der Waals surface area contributed by atoms with Crippen molar-refractivity contribution in [1.82, 2.24) is 9.46 Å². The summed E-state index contributed by atoms with van der Waals surface area (Å²) in [6.07, 6.45) is 4.36. The third-order valence-electron chi connectivity index (χ3n) is 7.04. The first kappa shape index (κ1) is 26.0. The standard InChI is InChI=1S/C28H31N3O6S/c1-17-13-18(2)23(19(3)14-17)6-8-25-27(20(4)30-37-25)38(33,34)31-11-9-21(10-12-31)28(32)29-22-5-7-24-26(15-22)36-16-35-24/h5-8,13-15,21H,9-12,16H2,1-4H3,(H,29,32). The van der Waals surface area contributed by atoms with Gasteiger partial charge in [-0.1, -0.05) is 28.9 Å². The lowest BCUT2D eigenvalue weighted by Crippen LogP contribution is -2.41. The van der Waals surface area contributed by atoms with Gasteiger partial charge in [0.1, 0.15) is 5.69 Å². The number of nitrogens with zero attached hydrogens (tertiary/aromatic N) is 2. The van der Waals surface area contributed by atoms with Gasteiger partial charge in [0.2, 0.25) is 22.7 Å². The average Bonchev–Trinajstić information content (AvgIpc) is 3.49. The number of nitrogens with one attached hydrogen (secondary N) is 1. The molecule has 5 rings (SSSR count). The number of hydrogen-bond acceptors (Lipinski definition) is 7. The van der Waals surface area contributed by atoms with Crippen molar-refractivity contribution < 1.29 is 27.2 Å². The molecule has 10 heteroatoms. The van der Waals surface area contributed by atoms with Crippen LogP contribution in [-0.2, 0) is 14.8 Å². The fourth-order valence-electron chi connectivity index (χ4n) is 5.12. The Balaban J connectivity index is 1.27. The second-order valence-electron chi connectivity index (χ2n) is 9.84. The van der Waals surface area contributed by atoms with Crippen LogP contribution in [0.3, 0.4) is 0 Å². The van der Waals surface area contributed by atoms with Gasteiger partial charge >= 0.3 is 0 Å². The summed E-state index contributed by atoms with van der Waals surface area (Å²) < 4.78 is 44.8. The number of anilines is 1. The molecule has 3 heterocycles. The highest BCUT2D eigenvalue weighted by Gasteiger charge is 2.36. The van der Waals surface area contributed by atoms with Gasteiger partial charge in [0.15, 0.2) is 22.2 Å². The molecule has 200 valence electrons. The minimum absolute atomic E-state index is 0.0689. The lowest BCUT2D eigenvalue weighted by atomic mass is 9.97. The molecule has 2 aliphatic heterocycles. The van der Waals surface area contributed by atoms with Gasteiger partial charge in [-0.15, -0.1) is 0 Å². The number of piperidine rings is 1. The molecule has 1 saturated heterocycles. The first-order valence-electron chi connectivity index (χ1n) is 12.6. The second kappa shape index (κ2) is 10.3. The van der Waals surface area contributed by atoms with E-state index in [9.17, 15) is 13.2 Å². The lowest BCUT2D eigenvalue weighted by molar-refractivity contribution is -0.120. The summed E-state index contributed by atoms with van der Waals surface area (Å²) in [5.41, 5.74) is 5.31. The van der Waals surface area contributed by atoms with E-state index in [1.54, 1.807) is 31.2 Å². The highest BCUT2D eigenvalue weighted by Crippen LogP contribution is 2.35. The predicted octanol–water partition coefficient (Wildman–Crippen LogP) is 4.85. The van der Waals surface area contributed by atoms with Crippen molar-refractivity contribution in [2.75, 3.05) is 25.2 Å². The van der Waals surface area contributed by atoms with Gasteiger partial charge in [0.25, 0.3) is 0 Å². The Morgan fingerprint density at radius 2 is 1.68 bits per heavy atom. The summed E-state index contributed by atoms with van der Waals surface area (Å²) in [5, 5.41) is 6.86. The van der Waals surface area contributed by atoms with Crippen LogP contribution < -0.4 is 14.8 Å². The van der Waals surface area contributed by atoms with Gasteiger partial charge in [-0.2, -0.15) is 4.31 Å². The van der Waals surface area contributed by atoms with E-state index in [1.807, 2.05) is 26.8 Å². The SMILES string of the molecule is Cc1cc(C)c(C=Cc2onc(C)c2S(=O)(=O)N2CCC(C(=O)Nc3ccc4c(c3)OCO4)CC2)c(C)c1. The summed E-state index contributed by atoms with van der Waals surface area (Å²) in [5.74, 6) is 0.982. The first-order valence-corrected chi connectivity index (χ1v) is 14.0. The van der Waals surface area contributed by atoms with Gasteiger partial charge < -0.3 is 19.3 Å². The Hall–Kier alpha value is -3.63. The molecule has 9 nitrogen and oxygen atoms in total. The third-order valence-corrected chi connectivity index (χ3v) is 9.09. The summed E-state index contributed by atoms with van der Waals surface area (Å²) >= 11 is 0. The molecule has 0 saturated carbocycles. The molecule has 0 radical (unpaired) electrons. The Morgan fingerprint density at radius 1 is 1.00 bits per heavy atom. The van der Waals surface area contributed by atoms with Crippen LogP contribution in [0.4, 0.5) is 5.69 Å². The number of carbonyl (C=O) groups is 1. The number of aromatic nitrogens is 1. The maximum Gasteiger partial charge on any atom is 0.248 e. The smallest absolute Gasteiger partial charge is 0.248 e. The topological polar surface area (TPSA) is 111 Å². The maximum atomic E-state index is 13.6. The van der Waals surface area contributed by atoms with E-state index in [2.05, 4.69) is 22.6 Å². The fraction of sp³-hybridized carbons (Fsp3) is 0.357. The minimum Gasteiger partial charge on any atom is -0.454 e. The number of ether oxygens (including phenoxy) is 2. The first-order chi connectivity index (χ1) is 18.1. The number of benzene rings is 2. The number of amides is 1. The molecule has 1 aromatic heterocycles. The van der Waals surface area contributed by atoms with E-state index in [0.29, 0.717) is 35.7 Å². The van der Waals surface area contributed by atoms with E-state index in [-0.39, 0.29) is 42.4 Å². The summed E-state index contributed by atoms with van der Waals surface area (Å²) in [4.78, 5) is 12.9. The van der Waals surface area contributed by atoms with Crippen LogP contribution >= 0.6 is 0 Å². The maximum absolute atomic E-state index is 13.6. The highest BCUT2D eigenvalue weighted by atomic mass is 32.2. The van der Waals surface area contributed by atoms with Crippen molar-refractivity contribution in [2.24, 2.45) is 5.92 Å². The van der Waals surface area contributed by atoms with Gasteiger partial charge in [-0.05, 0) is 75.4 Å². The number of fused-ring (bicyclic) bond motifs is 1. The van der Waals surface area contributed by atoms with E-state index in [1.165, 1.54) is 9.87 Å². The van der Waals surface area contributed by atoms with Crippen molar-refractivity contribution in [3.63, 3.8) is 0 Å². The van der Waals surface area contributed by atoms with E-state index < -0.39 is 10.0 Å². The van der Waals surface area contributed by atoms with Gasteiger partial charge in [-0.25, -0.2) is 8.42 Å². The molecule has 2 aromatic carbocycles. The molecular formula is C28H31N3O6S. The molecule has 1 amide bonds. The van der Waals surface area contributed by atoms with Crippen molar-refractivity contribution in [1.29, 1.82) is 0 Å². The van der Waals surface area contributed by atoms with Gasteiger partial charge in [-0.3, -0.25) is 4.79 Å². The van der Waals surface area contributed by atoms with E-state index in [0.717, 1.165) is 16.7 Å². The fourth-order valence-corrected chi connectivity index (χ4v) is 6.84. The monoisotopic (exact) mass is 537 g/mol. The van der Waals surface area contributed by atoms with Crippen molar-refractivity contribution in [3.05, 3.63) is 64.0 Å². The zero-order valence-corrected chi connectivity index (χ0v) is 22.7. The molecule has 0 unspecified atom stereocenters. The molecule has 0 bridgehead atoms. The molecule has 0 spiro atoms. The quantitative estimate of drug-likeness (QED) is 0.479. The largest absolute Gasteiger partial charge is 0.454 e. The molecule has 1 fully saturated rings. The molecule has 38 heavy (non-hydrogen) atoms. The van der Waals surface area contributed by atoms with E-state index in [4.69, 9.17) is 14.0 Å². The Labute approximate surface area is 222 Å². The number of carbonyl (C=O) groups excluding carboxylic acids is 1. The molecule has 2 aliphatic rings. The summed E-state index contributed by atoms with van der Waals surface area (Å²) in [7, 11) is -3.86. The zero-order chi connectivity index (χ0) is 27.0. The summed E-state index contributed by atoms with van der Waals surface area (Å²) in [6.45, 7) is 8.33. The Kier molecular flexibility index (Phi) is 7.02. The lowest BCUT2D eigenvalue weighted by Gasteiger charge is -2.30. The molecular weight excluding hydrogens is 506 g/mol. The second-order valence-corrected chi connectivity index (χ2v) is 11.7. The van der Waals surface area contributed by atoms with Crippen molar-refractivity contribution in [3.8, 4) is 11.5 Å². The van der Waals surface area contributed by atoms with Gasteiger partial charge in [0, 0.05) is 30.8 Å². The van der Waals surface area contributed by atoms with E-state index >= 15 is 0 Å². The third kappa shape index (κ3) is 5.06. The van der Waals surface area contributed by atoms with Crippen LogP contribution in [0.1, 0.15) is 46.5 Å². The van der Waals surface area contributed by atoms with Crippen LogP contribution in [0, 0.1) is 33.6 Å². The molecule has 1 N–H and O–H groups in total. The Bertz CT molecular complexity index is 1490. The van der Waals surface area contributed by atoms with Crippen LogP contribution in [0.2, 0.25) is 0 Å². The normalized spacial score (nSPS) is 16.3. The Morgan fingerprint density at radius 3 is 2.39 bits per heavy atom. The summed E-state index contributed by atoms with van der Waals surface area (Å²) in [6, 6.07) is 9.41.